The van der Waals surface area contributed by atoms with Crippen molar-refractivity contribution >= 4 is 0 Å². The topological polar surface area (TPSA) is 21.3 Å². The molecule has 0 amide bonds. The van der Waals surface area contributed by atoms with Crippen LogP contribution in [-0.4, -0.2) is 25.8 Å². The van der Waals surface area contributed by atoms with Crippen molar-refractivity contribution in [2.24, 2.45) is 0 Å². The lowest BCUT2D eigenvalue weighted by molar-refractivity contribution is 0.107. The molecule has 1 aliphatic rings. The second-order valence-corrected chi connectivity index (χ2v) is 3.50. The molecule has 1 N–H and O–H groups in total. The molecule has 0 aromatic rings. The molecule has 0 bridgehead atoms. The normalized spacial score (nSPS) is 26.9. The Bertz CT molecular complexity index is 192. The zero-order chi connectivity index (χ0) is 9.52. The van der Waals surface area contributed by atoms with Crippen LogP contribution in [0.5, 0.6) is 0 Å². The van der Waals surface area contributed by atoms with Crippen molar-refractivity contribution in [2.45, 2.75) is 44.8 Å². The van der Waals surface area contributed by atoms with E-state index in [9.17, 15) is 0 Å². The van der Waals surface area contributed by atoms with Crippen LogP contribution in [-0.2, 0) is 4.74 Å². The third-order valence-corrected chi connectivity index (χ3v) is 2.58. The van der Waals surface area contributed by atoms with Crippen molar-refractivity contribution in [3.8, 4) is 11.8 Å². The minimum atomic E-state index is 0.481. The Morgan fingerprint density at radius 3 is 2.92 bits per heavy atom. The number of nitrogens with one attached hydrogen (secondary N) is 1. The fourth-order valence-electron chi connectivity index (χ4n) is 1.80. The maximum absolute atomic E-state index is 5.30. The van der Waals surface area contributed by atoms with E-state index in [1.54, 1.807) is 7.11 Å². The Kier molecular flexibility index (Phi) is 4.88. The lowest BCUT2D eigenvalue weighted by Gasteiger charge is -2.11. The van der Waals surface area contributed by atoms with Gasteiger partial charge in [0, 0.05) is 26.1 Å². The summed E-state index contributed by atoms with van der Waals surface area (Å²) in [5.74, 6) is 5.95. The molecule has 1 saturated carbocycles. The molecular weight excluding hydrogens is 162 g/mol. The summed E-state index contributed by atoms with van der Waals surface area (Å²) >= 11 is 0. The first kappa shape index (κ1) is 10.6. The summed E-state index contributed by atoms with van der Waals surface area (Å²) in [6, 6.07) is 0.656. The molecule has 1 rings (SSSR count). The van der Waals surface area contributed by atoms with Crippen LogP contribution in [0.15, 0.2) is 0 Å². The molecule has 0 aromatic heterocycles. The van der Waals surface area contributed by atoms with E-state index >= 15 is 0 Å². The second kappa shape index (κ2) is 6.01. The van der Waals surface area contributed by atoms with Crippen LogP contribution >= 0.6 is 0 Å². The van der Waals surface area contributed by atoms with Gasteiger partial charge in [0.05, 0.1) is 6.10 Å². The molecule has 13 heavy (non-hydrogen) atoms. The first-order valence-corrected chi connectivity index (χ1v) is 5.02. The third kappa shape index (κ3) is 3.80. The maximum Gasteiger partial charge on any atom is 0.0586 e. The van der Waals surface area contributed by atoms with Gasteiger partial charge in [-0.15, -0.1) is 11.8 Å². The van der Waals surface area contributed by atoms with Crippen molar-refractivity contribution in [3.05, 3.63) is 0 Å². The van der Waals surface area contributed by atoms with Crippen LogP contribution in [0.25, 0.3) is 0 Å². The standard InChI is InChI=1S/C11H19NO/c1-3-4-5-8-12-10-6-7-11(9-10)13-2/h10-12H,5-9H2,1-2H3. The Hall–Kier alpha value is -0.520. The molecule has 0 radical (unpaired) electrons. The molecule has 74 valence electrons. The van der Waals surface area contributed by atoms with Crippen LogP contribution in [0.3, 0.4) is 0 Å². The van der Waals surface area contributed by atoms with Crippen molar-refractivity contribution in [2.75, 3.05) is 13.7 Å². The molecule has 0 saturated heterocycles. The quantitative estimate of drug-likeness (QED) is 0.525. The van der Waals surface area contributed by atoms with Crippen molar-refractivity contribution in [1.29, 1.82) is 0 Å². The van der Waals surface area contributed by atoms with E-state index in [-0.39, 0.29) is 0 Å². The Morgan fingerprint density at radius 2 is 2.31 bits per heavy atom. The zero-order valence-corrected chi connectivity index (χ0v) is 8.60. The van der Waals surface area contributed by atoms with Gasteiger partial charge in [-0.1, -0.05) is 0 Å². The fourth-order valence-corrected chi connectivity index (χ4v) is 1.80. The van der Waals surface area contributed by atoms with Gasteiger partial charge in [-0.3, -0.25) is 0 Å². The van der Waals surface area contributed by atoms with E-state index in [1.807, 2.05) is 6.92 Å². The molecule has 0 heterocycles. The summed E-state index contributed by atoms with van der Waals surface area (Å²) in [6.45, 7) is 2.90. The lowest BCUT2D eigenvalue weighted by Crippen LogP contribution is -2.27. The fraction of sp³-hybridized carbons (Fsp3) is 0.818. The van der Waals surface area contributed by atoms with Crippen LogP contribution in [0.2, 0.25) is 0 Å². The van der Waals surface area contributed by atoms with Gasteiger partial charge in [0.1, 0.15) is 0 Å². The first-order valence-electron chi connectivity index (χ1n) is 5.02. The molecule has 1 fully saturated rings. The molecular formula is C11H19NO. The highest BCUT2D eigenvalue weighted by molar-refractivity contribution is 4.95. The van der Waals surface area contributed by atoms with Gasteiger partial charge in [-0.05, 0) is 26.2 Å². The number of rotatable bonds is 4. The van der Waals surface area contributed by atoms with E-state index in [0.29, 0.717) is 12.1 Å². The van der Waals surface area contributed by atoms with Crippen molar-refractivity contribution in [1.82, 2.24) is 5.32 Å². The number of hydrogen-bond donors (Lipinski definition) is 1. The minimum absolute atomic E-state index is 0.481. The number of ether oxygens (including phenoxy) is 1. The average molecular weight is 181 g/mol. The smallest absolute Gasteiger partial charge is 0.0586 e. The van der Waals surface area contributed by atoms with E-state index in [0.717, 1.165) is 19.4 Å². The number of hydrogen-bond acceptors (Lipinski definition) is 2. The molecule has 2 atom stereocenters. The Morgan fingerprint density at radius 1 is 1.46 bits per heavy atom. The van der Waals surface area contributed by atoms with Crippen LogP contribution in [0.4, 0.5) is 0 Å². The first-order chi connectivity index (χ1) is 6.36. The van der Waals surface area contributed by atoms with Gasteiger partial charge in [-0.25, -0.2) is 0 Å². The summed E-state index contributed by atoms with van der Waals surface area (Å²) in [5, 5.41) is 3.50. The molecule has 0 aromatic carbocycles. The molecule has 0 aliphatic heterocycles. The molecule has 2 unspecified atom stereocenters. The van der Waals surface area contributed by atoms with Gasteiger partial charge in [0.2, 0.25) is 0 Å². The minimum Gasteiger partial charge on any atom is -0.381 e. The molecule has 1 aliphatic carbocycles. The molecule has 2 heteroatoms. The largest absolute Gasteiger partial charge is 0.381 e. The van der Waals surface area contributed by atoms with Gasteiger partial charge in [0.15, 0.2) is 0 Å². The predicted octanol–water partition coefficient (Wildman–Crippen LogP) is 1.56. The summed E-state index contributed by atoms with van der Waals surface area (Å²) in [7, 11) is 1.80. The number of methoxy groups -OCH3 is 1. The molecule has 0 spiro atoms. The SMILES string of the molecule is CC#CCCNC1CCC(OC)C1. The zero-order valence-electron chi connectivity index (χ0n) is 8.60. The van der Waals surface area contributed by atoms with Gasteiger partial charge in [0.25, 0.3) is 0 Å². The molecule has 2 nitrogen and oxygen atoms in total. The van der Waals surface area contributed by atoms with E-state index < -0.39 is 0 Å². The van der Waals surface area contributed by atoms with Gasteiger partial charge < -0.3 is 10.1 Å². The Labute approximate surface area is 81.0 Å². The highest BCUT2D eigenvalue weighted by Crippen LogP contribution is 2.20. The Balaban J connectivity index is 2.05. The second-order valence-electron chi connectivity index (χ2n) is 3.50. The van der Waals surface area contributed by atoms with Crippen LogP contribution < -0.4 is 5.32 Å². The van der Waals surface area contributed by atoms with Crippen LogP contribution in [0, 0.1) is 11.8 Å². The van der Waals surface area contributed by atoms with Crippen LogP contribution in [0.1, 0.15) is 32.6 Å². The van der Waals surface area contributed by atoms with E-state index in [4.69, 9.17) is 4.74 Å². The monoisotopic (exact) mass is 181 g/mol. The van der Waals surface area contributed by atoms with E-state index in [2.05, 4.69) is 17.2 Å². The summed E-state index contributed by atoms with van der Waals surface area (Å²) in [4.78, 5) is 0. The average Bonchev–Trinajstić information content (AvgIpc) is 2.60. The van der Waals surface area contributed by atoms with Gasteiger partial charge >= 0.3 is 0 Å². The summed E-state index contributed by atoms with van der Waals surface area (Å²) < 4.78 is 5.30. The highest BCUT2D eigenvalue weighted by atomic mass is 16.5. The van der Waals surface area contributed by atoms with Crippen molar-refractivity contribution in [3.63, 3.8) is 0 Å². The summed E-state index contributed by atoms with van der Waals surface area (Å²) in [6.07, 6.45) is 5.06. The lowest BCUT2D eigenvalue weighted by atomic mass is 10.2. The maximum atomic E-state index is 5.30. The van der Waals surface area contributed by atoms with Crippen molar-refractivity contribution < 1.29 is 4.74 Å². The van der Waals surface area contributed by atoms with Gasteiger partial charge in [-0.2, -0.15) is 0 Å². The summed E-state index contributed by atoms with van der Waals surface area (Å²) in [5.41, 5.74) is 0. The van der Waals surface area contributed by atoms with E-state index in [1.165, 1.54) is 12.8 Å². The predicted molar refractivity (Wildman–Crippen MR) is 54.5 cm³/mol. The third-order valence-electron chi connectivity index (χ3n) is 2.58. The highest BCUT2D eigenvalue weighted by Gasteiger charge is 2.23.